The number of nitrogens with one attached hydrogen (secondary N) is 1. The van der Waals surface area contributed by atoms with E-state index < -0.39 is 35.6 Å². The van der Waals surface area contributed by atoms with Gasteiger partial charge < -0.3 is 5.32 Å². The molecule has 0 bridgehead atoms. The van der Waals surface area contributed by atoms with Gasteiger partial charge in [-0.05, 0) is 18.2 Å². The Hall–Kier alpha value is -3.49. The van der Waals surface area contributed by atoms with Gasteiger partial charge in [-0.2, -0.15) is 13.2 Å². The second-order valence-electron chi connectivity index (χ2n) is 5.85. The van der Waals surface area contributed by atoms with Crippen LogP contribution in [0.15, 0.2) is 65.7 Å². The Bertz CT molecular complexity index is 1060. The van der Waals surface area contributed by atoms with Crippen molar-refractivity contribution in [3.8, 4) is 11.3 Å². The van der Waals surface area contributed by atoms with Gasteiger partial charge in [-0.3, -0.25) is 14.2 Å². The summed E-state index contributed by atoms with van der Waals surface area (Å²) in [6.45, 7) is -0.459. The van der Waals surface area contributed by atoms with Crippen molar-refractivity contribution in [3.63, 3.8) is 0 Å². The van der Waals surface area contributed by atoms with Crippen molar-refractivity contribution in [1.29, 1.82) is 0 Å². The van der Waals surface area contributed by atoms with E-state index in [9.17, 15) is 27.2 Å². The number of hydrogen-bond donors (Lipinski definition) is 1. The van der Waals surface area contributed by atoms with Crippen LogP contribution < -0.4 is 10.9 Å². The van der Waals surface area contributed by atoms with E-state index in [1.807, 2.05) is 6.07 Å². The van der Waals surface area contributed by atoms with Crippen LogP contribution in [0.5, 0.6) is 0 Å². The summed E-state index contributed by atoms with van der Waals surface area (Å²) < 4.78 is 52.5. The molecule has 3 aromatic rings. The zero-order valence-corrected chi connectivity index (χ0v) is 14.2. The maximum absolute atomic E-state index is 13.3. The van der Waals surface area contributed by atoms with Gasteiger partial charge in [-0.25, -0.2) is 9.37 Å². The van der Waals surface area contributed by atoms with Crippen molar-refractivity contribution in [2.24, 2.45) is 0 Å². The fourth-order valence-corrected chi connectivity index (χ4v) is 2.49. The highest BCUT2D eigenvalue weighted by Crippen LogP contribution is 2.32. The average molecular weight is 391 g/mol. The van der Waals surface area contributed by atoms with Crippen LogP contribution in [-0.2, 0) is 17.5 Å². The molecule has 5 nitrogen and oxygen atoms in total. The number of hydrogen-bond acceptors (Lipinski definition) is 3. The minimum atomic E-state index is -4.89. The standard InChI is InChI=1S/C19H13F4N3O2/c20-15-7-6-13(8-14(15)19(21,22)23)25-17(27)10-26-11-24-16(9-18(26)28)12-4-2-1-3-5-12/h1-9,11H,10H2,(H,25,27). The first-order valence-corrected chi connectivity index (χ1v) is 8.02. The van der Waals surface area contributed by atoms with E-state index in [1.54, 1.807) is 24.3 Å². The Morgan fingerprint density at radius 3 is 2.43 bits per heavy atom. The fourth-order valence-electron chi connectivity index (χ4n) is 2.49. The lowest BCUT2D eigenvalue weighted by molar-refractivity contribution is -0.140. The molecule has 9 heteroatoms. The largest absolute Gasteiger partial charge is 0.419 e. The predicted molar refractivity (Wildman–Crippen MR) is 94.0 cm³/mol. The molecule has 0 atom stereocenters. The molecule has 28 heavy (non-hydrogen) atoms. The van der Waals surface area contributed by atoms with E-state index in [-0.39, 0.29) is 5.69 Å². The highest BCUT2D eigenvalue weighted by Gasteiger charge is 2.34. The molecule has 1 amide bonds. The van der Waals surface area contributed by atoms with Gasteiger partial charge >= 0.3 is 6.18 Å². The molecule has 2 aromatic carbocycles. The predicted octanol–water partition coefficient (Wildman–Crippen LogP) is 3.71. The molecule has 0 radical (unpaired) electrons. The minimum absolute atomic E-state index is 0.236. The van der Waals surface area contributed by atoms with Crippen LogP contribution in [-0.4, -0.2) is 15.5 Å². The minimum Gasteiger partial charge on any atom is -0.325 e. The van der Waals surface area contributed by atoms with Gasteiger partial charge in [-0.1, -0.05) is 30.3 Å². The third-order valence-corrected chi connectivity index (χ3v) is 3.82. The van der Waals surface area contributed by atoms with Gasteiger partial charge in [0, 0.05) is 17.3 Å². The summed E-state index contributed by atoms with van der Waals surface area (Å²) in [5.41, 5.74) is -1.08. The summed E-state index contributed by atoms with van der Waals surface area (Å²) in [5, 5.41) is 2.21. The van der Waals surface area contributed by atoms with E-state index in [0.717, 1.165) is 16.2 Å². The molecular formula is C19H13F4N3O2. The molecule has 1 aromatic heterocycles. The molecule has 0 aliphatic rings. The third-order valence-electron chi connectivity index (χ3n) is 3.82. The Balaban J connectivity index is 1.75. The Kier molecular flexibility index (Phi) is 5.25. The average Bonchev–Trinajstić information content (AvgIpc) is 2.65. The number of benzene rings is 2. The molecule has 0 fully saturated rings. The maximum atomic E-state index is 13.3. The summed E-state index contributed by atoms with van der Waals surface area (Å²) in [4.78, 5) is 28.3. The van der Waals surface area contributed by atoms with Crippen LogP contribution in [0.2, 0.25) is 0 Å². The smallest absolute Gasteiger partial charge is 0.325 e. The van der Waals surface area contributed by atoms with Gasteiger partial charge in [-0.15, -0.1) is 0 Å². The lowest BCUT2D eigenvalue weighted by Gasteiger charge is -2.11. The summed E-state index contributed by atoms with van der Waals surface area (Å²) >= 11 is 0. The number of carbonyl (C=O) groups is 1. The summed E-state index contributed by atoms with van der Waals surface area (Å²) in [7, 11) is 0. The van der Waals surface area contributed by atoms with Crippen LogP contribution in [0.25, 0.3) is 11.3 Å². The first kappa shape index (κ1) is 19.3. The van der Waals surface area contributed by atoms with Crippen LogP contribution in [0.4, 0.5) is 23.2 Å². The van der Waals surface area contributed by atoms with Crippen LogP contribution in [0, 0.1) is 5.82 Å². The van der Waals surface area contributed by atoms with Crippen LogP contribution in [0.1, 0.15) is 5.56 Å². The van der Waals surface area contributed by atoms with E-state index in [0.29, 0.717) is 17.8 Å². The monoisotopic (exact) mass is 391 g/mol. The zero-order valence-electron chi connectivity index (χ0n) is 14.2. The Morgan fingerprint density at radius 2 is 1.79 bits per heavy atom. The molecule has 0 saturated carbocycles. The number of aromatic nitrogens is 2. The normalized spacial score (nSPS) is 11.3. The first-order chi connectivity index (χ1) is 13.2. The number of anilines is 1. The quantitative estimate of drug-likeness (QED) is 0.690. The number of carbonyl (C=O) groups excluding carboxylic acids is 1. The molecular weight excluding hydrogens is 378 g/mol. The van der Waals surface area contributed by atoms with Gasteiger partial charge in [0.1, 0.15) is 12.4 Å². The molecule has 0 saturated heterocycles. The molecule has 1 N–H and O–H groups in total. The van der Waals surface area contributed by atoms with Gasteiger partial charge in [0.2, 0.25) is 5.91 Å². The van der Waals surface area contributed by atoms with E-state index in [2.05, 4.69) is 10.3 Å². The molecule has 1 heterocycles. The molecule has 3 rings (SSSR count). The summed E-state index contributed by atoms with van der Waals surface area (Å²) in [6.07, 6.45) is -3.71. The second-order valence-corrected chi connectivity index (χ2v) is 5.85. The first-order valence-electron chi connectivity index (χ1n) is 8.02. The number of rotatable bonds is 4. The SMILES string of the molecule is O=C(Cn1cnc(-c2ccccc2)cc1=O)Nc1ccc(F)c(C(F)(F)F)c1. The van der Waals surface area contributed by atoms with Gasteiger partial charge in [0.05, 0.1) is 17.6 Å². The van der Waals surface area contributed by atoms with Gasteiger partial charge in [0.15, 0.2) is 0 Å². The topological polar surface area (TPSA) is 64.0 Å². The molecule has 0 spiro atoms. The Morgan fingerprint density at radius 1 is 1.07 bits per heavy atom. The zero-order chi connectivity index (χ0) is 20.3. The third kappa shape index (κ3) is 4.43. The summed E-state index contributed by atoms with van der Waals surface area (Å²) in [6, 6.07) is 12.3. The van der Waals surface area contributed by atoms with Crippen molar-refractivity contribution in [1.82, 2.24) is 9.55 Å². The molecule has 0 aliphatic heterocycles. The van der Waals surface area contributed by atoms with E-state index in [4.69, 9.17) is 0 Å². The molecule has 144 valence electrons. The van der Waals surface area contributed by atoms with E-state index in [1.165, 1.54) is 12.4 Å². The van der Waals surface area contributed by atoms with Crippen LogP contribution in [0.3, 0.4) is 0 Å². The second kappa shape index (κ2) is 7.63. The maximum Gasteiger partial charge on any atom is 0.419 e. The van der Waals surface area contributed by atoms with Crippen LogP contribution >= 0.6 is 0 Å². The lowest BCUT2D eigenvalue weighted by atomic mass is 10.1. The highest BCUT2D eigenvalue weighted by molar-refractivity contribution is 5.90. The van der Waals surface area contributed by atoms with Crippen molar-refractivity contribution >= 4 is 11.6 Å². The fraction of sp³-hybridized carbons (Fsp3) is 0.105. The van der Waals surface area contributed by atoms with Gasteiger partial charge in [0.25, 0.3) is 5.56 Å². The van der Waals surface area contributed by atoms with Crippen molar-refractivity contribution in [2.45, 2.75) is 12.7 Å². The molecule has 0 unspecified atom stereocenters. The number of halogens is 4. The lowest BCUT2D eigenvalue weighted by Crippen LogP contribution is -2.27. The molecule has 0 aliphatic carbocycles. The number of amides is 1. The Labute approximate surface area is 156 Å². The van der Waals surface area contributed by atoms with Crippen molar-refractivity contribution < 1.29 is 22.4 Å². The number of nitrogens with zero attached hydrogens (tertiary/aromatic N) is 2. The number of alkyl halides is 3. The highest BCUT2D eigenvalue weighted by atomic mass is 19.4. The van der Waals surface area contributed by atoms with Crippen molar-refractivity contribution in [2.75, 3.05) is 5.32 Å². The van der Waals surface area contributed by atoms with E-state index >= 15 is 0 Å². The van der Waals surface area contributed by atoms with Crippen molar-refractivity contribution in [3.05, 3.63) is 82.7 Å². The summed E-state index contributed by atoms with van der Waals surface area (Å²) in [5.74, 6) is -2.20.